The number of hydrogen-bond donors (Lipinski definition) is 2. The molecule has 1 fully saturated rings. The van der Waals surface area contributed by atoms with E-state index >= 15 is 0 Å². The number of benzene rings is 1. The largest absolute Gasteiger partial charge is 0.481 e. The smallest absolute Gasteiger partial charge is 0.303 e. The molecule has 11 nitrogen and oxygen atoms in total. The number of carboxylic acids is 1. The highest BCUT2D eigenvalue weighted by molar-refractivity contribution is 7.67. The molecule has 0 radical (unpaired) electrons. The number of thiol groups is 1. The van der Waals surface area contributed by atoms with Crippen molar-refractivity contribution in [3.05, 3.63) is 29.3 Å². The van der Waals surface area contributed by atoms with Gasteiger partial charge in [-0.1, -0.05) is 19.9 Å². The Balaban J connectivity index is 1.86. The van der Waals surface area contributed by atoms with Gasteiger partial charge in [0.2, 0.25) is 0 Å². The molecule has 1 saturated heterocycles. The molecule has 33 heavy (non-hydrogen) atoms. The molecule has 1 aromatic carbocycles. The van der Waals surface area contributed by atoms with Crippen LogP contribution in [-0.2, 0) is 24.7 Å². The van der Waals surface area contributed by atoms with Crippen molar-refractivity contribution in [1.82, 2.24) is 9.80 Å². The van der Waals surface area contributed by atoms with E-state index in [2.05, 4.69) is 4.90 Å². The molecule has 2 aliphatic rings. The summed E-state index contributed by atoms with van der Waals surface area (Å²) in [5.74, 6) is -2.05. The Morgan fingerprint density at radius 3 is 2.55 bits per heavy atom. The molecular formula is C21H29N3O8S. The standard InChI is InChI=1S/C21H29N3O8S/c1-21(2,12-17(25)26)13-24-19(27)15-4-3-5-16(18(15)20(24)28)23(14-32-33(29)30)7-6-22-8-10-31-11-9-22/h3-5,33H,6-14H2,1-2H3,(H,25,26). The third-order valence-corrected chi connectivity index (χ3v) is 5.97. The highest BCUT2D eigenvalue weighted by Gasteiger charge is 2.41. The first-order valence-electron chi connectivity index (χ1n) is 10.6. The average Bonchev–Trinajstić information content (AvgIpc) is 2.98. The molecule has 12 heteroatoms. The second kappa shape index (κ2) is 10.6. The molecule has 1 N–H and O–H groups in total. The number of ether oxygens (including phenoxy) is 1. The maximum atomic E-state index is 13.3. The Hall–Kier alpha value is -2.54. The van der Waals surface area contributed by atoms with Crippen molar-refractivity contribution in [3.63, 3.8) is 0 Å². The van der Waals surface area contributed by atoms with Crippen LogP contribution in [0.2, 0.25) is 0 Å². The lowest BCUT2D eigenvalue weighted by Crippen LogP contribution is -2.42. The summed E-state index contributed by atoms with van der Waals surface area (Å²) in [5.41, 5.74) is -0.0549. The number of carbonyl (C=O) groups is 3. The predicted molar refractivity (Wildman–Crippen MR) is 119 cm³/mol. The van der Waals surface area contributed by atoms with Crippen LogP contribution >= 0.6 is 0 Å². The summed E-state index contributed by atoms with van der Waals surface area (Å²) in [6, 6.07) is 4.82. The number of aliphatic carboxylic acids is 1. The third kappa shape index (κ3) is 6.28. The molecule has 3 rings (SSSR count). The van der Waals surface area contributed by atoms with Crippen LogP contribution in [-0.4, -0.2) is 93.8 Å². The van der Waals surface area contributed by atoms with Crippen LogP contribution in [0, 0.1) is 5.41 Å². The van der Waals surface area contributed by atoms with E-state index in [-0.39, 0.29) is 30.8 Å². The van der Waals surface area contributed by atoms with Crippen LogP contribution < -0.4 is 4.90 Å². The molecule has 2 amide bonds. The van der Waals surface area contributed by atoms with Gasteiger partial charge in [0.15, 0.2) is 0 Å². The fourth-order valence-electron chi connectivity index (χ4n) is 4.07. The number of fused-ring (bicyclic) bond motifs is 1. The van der Waals surface area contributed by atoms with Gasteiger partial charge in [0.1, 0.15) is 6.73 Å². The molecule has 0 atom stereocenters. The van der Waals surface area contributed by atoms with E-state index in [1.54, 1.807) is 36.9 Å². The van der Waals surface area contributed by atoms with Crippen molar-refractivity contribution in [1.29, 1.82) is 0 Å². The number of hydrogen-bond acceptors (Lipinski definition) is 9. The van der Waals surface area contributed by atoms with E-state index in [0.717, 1.165) is 18.0 Å². The summed E-state index contributed by atoms with van der Waals surface area (Å²) in [6.45, 7) is 6.65. The van der Waals surface area contributed by atoms with Gasteiger partial charge in [0, 0.05) is 32.7 Å². The summed E-state index contributed by atoms with van der Waals surface area (Å²) in [5, 5.41) is 9.15. The van der Waals surface area contributed by atoms with E-state index < -0.39 is 34.2 Å². The van der Waals surface area contributed by atoms with Crippen molar-refractivity contribution in [2.24, 2.45) is 5.41 Å². The van der Waals surface area contributed by atoms with Gasteiger partial charge < -0.3 is 14.7 Å². The highest BCUT2D eigenvalue weighted by Crippen LogP contribution is 2.34. The van der Waals surface area contributed by atoms with Gasteiger partial charge in [0.05, 0.1) is 36.4 Å². The van der Waals surface area contributed by atoms with Crippen LogP contribution in [0.1, 0.15) is 41.0 Å². The molecule has 2 heterocycles. The van der Waals surface area contributed by atoms with Crippen LogP contribution in [0.4, 0.5) is 5.69 Å². The lowest BCUT2D eigenvalue weighted by Gasteiger charge is -2.31. The first-order chi connectivity index (χ1) is 15.6. The highest BCUT2D eigenvalue weighted by atomic mass is 32.2. The Morgan fingerprint density at radius 2 is 1.91 bits per heavy atom. The van der Waals surface area contributed by atoms with Gasteiger partial charge in [0.25, 0.3) is 22.8 Å². The van der Waals surface area contributed by atoms with Gasteiger partial charge in [-0.25, -0.2) is 8.42 Å². The average molecular weight is 484 g/mol. The quantitative estimate of drug-likeness (QED) is 0.259. The summed E-state index contributed by atoms with van der Waals surface area (Å²) >= 11 is 0. The van der Waals surface area contributed by atoms with Crippen molar-refractivity contribution in [2.75, 3.05) is 57.6 Å². The van der Waals surface area contributed by atoms with Gasteiger partial charge in [-0.3, -0.25) is 28.4 Å². The Labute approximate surface area is 194 Å². The summed E-state index contributed by atoms with van der Waals surface area (Å²) in [7, 11) is -3.10. The molecule has 0 aromatic heterocycles. The molecule has 0 aliphatic carbocycles. The normalized spacial score (nSPS) is 17.0. The number of anilines is 1. The fraction of sp³-hybridized carbons (Fsp3) is 0.571. The minimum absolute atomic E-state index is 0.0538. The number of rotatable bonds is 11. The monoisotopic (exact) mass is 483 g/mol. The maximum Gasteiger partial charge on any atom is 0.303 e. The number of morpholine rings is 1. The van der Waals surface area contributed by atoms with Crippen LogP contribution in [0.3, 0.4) is 0 Å². The van der Waals surface area contributed by atoms with Gasteiger partial charge in [-0.05, 0) is 17.5 Å². The predicted octanol–water partition coefficient (Wildman–Crippen LogP) is 0.423. The Morgan fingerprint density at radius 1 is 1.21 bits per heavy atom. The van der Waals surface area contributed by atoms with E-state index in [4.69, 9.17) is 14.0 Å². The number of amides is 2. The minimum Gasteiger partial charge on any atom is -0.481 e. The molecule has 2 aliphatic heterocycles. The first-order valence-corrected chi connectivity index (χ1v) is 11.7. The number of carbonyl (C=O) groups excluding carboxylic acids is 2. The van der Waals surface area contributed by atoms with Crippen molar-refractivity contribution < 1.29 is 36.8 Å². The second-order valence-corrected chi connectivity index (χ2v) is 9.54. The van der Waals surface area contributed by atoms with Crippen LogP contribution in [0.25, 0.3) is 0 Å². The first kappa shape index (κ1) is 25.1. The molecule has 0 bridgehead atoms. The van der Waals surface area contributed by atoms with E-state index in [9.17, 15) is 22.8 Å². The number of carboxylic acid groups (broad SMARTS) is 1. The molecule has 0 unspecified atom stereocenters. The van der Waals surface area contributed by atoms with Crippen molar-refractivity contribution >= 4 is 34.5 Å². The molecule has 182 valence electrons. The maximum absolute atomic E-state index is 13.3. The number of imide groups is 1. The van der Waals surface area contributed by atoms with Gasteiger partial charge in [-0.2, -0.15) is 0 Å². The van der Waals surface area contributed by atoms with Crippen molar-refractivity contribution in [3.8, 4) is 0 Å². The SMILES string of the molecule is CC(C)(CC(=O)O)CN1C(=O)c2cccc(N(CCN3CCOCC3)CO[SH](=O)=O)c2C1=O. The summed E-state index contributed by atoms with van der Waals surface area (Å²) in [6.07, 6.45) is -0.205. The van der Waals surface area contributed by atoms with Crippen LogP contribution in [0.5, 0.6) is 0 Å². The lowest BCUT2D eigenvalue weighted by atomic mass is 9.89. The zero-order valence-corrected chi connectivity index (χ0v) is 19.6. The number of nitrogens with zero attached hydrogens (tertiary/aromatic N) is 3. The lowest BCUT2D eigenvalue weighted by molar-refractivity contribution is -0.139. The fourth-order valence-corrected chi connectivity index (χ4v) is 4.31. The Kier molecular flexibility index (Phi) is 8.05. The van der Waals surface area contributed by atoms with Crippen molar-refractivity contribution in [2.45, 2.75) is 20.3 Å². The zero-order chi connectivity index (χ0) is 24.2. The molecule has 0 spiro atoms. The van der Waals surface area contributed by atoms with E-state index in [0.29, 0.717) is 32.0 Å². The van der Waals surface area contributed by atoms with E-state index in [1.807, 2.05) is 0 Å². The third-order valence-electron chi connectivity index (χ3n) is 5.64. The van der Waals surface area contributed by atoms with Crippen LogP contribution in [0.15, 0.2) is 18.2 Å². The molecule has 0 saturated carbocycles. The Bertz CT molecular complexity index is 980. The summed E-state index contributed by atoms with van der Waals surface area (Å²) in [4.78, 5) is 42.3. The molecular weight excluding hydrogens is 454 g/mol. The second-order valence-electron chi connectivity index (χ2n) is 8.83. The zero-order valence-electron chi connectivity index (χ0n) is 18.7. The van der Waals surface area contributed by atoms with Gasteiger partial charge >= 0.3 is 5.97 Å². The van der Waals surface area contributed by atoms with Gasteiger partial charge in [-0.15, -0.1) is 0 Å². The molecule has 1 aromatic rings. The minimum atomic E-state index is -3.10. The van der Waals surface area contributed by atoms with E-state index in [1.165, 1.54) is 0 Å². The topological polar surface area (TPSA) is 134 Å². The summed E-state index contributed by atoms with van der Waals surface area (Å²) < 4.78 is 32.3.